The van der Waals surface area contributed by atoms with Gasteiger partial charge in [-0.05, 0) is 37.6 Å². The minimum Gasteiger partial charge on any atom is -0.353 e. The Morgan fingerprint density at radius 2 is 2.08 bits per heavy atom. The predicted octanol–water partition coefficient (Wildman–Crippen LogP) is 3.23. The van der Waals surface area contributed by atoms with Gasteiger partial charge >= 0.3 is 0 Å². The lowest BCUT2D eigenvalue weighted by molar-refractivity contribution is -0.126. The maximum Gasteiger partial charge on any atom is 0.252 e. The Kier molecular flexibility index (Phi) is 7.25. The van der Waals surface area contributed by atoms with Crippen LogP contribution in [-0.4, -0.2) is 37.8 Å². The van der Waals surface area contributed by atoms with E-state index in [-0.39, 0.29) is 17.9 Å². The first-order valence-corrected chi connectivity index (χ1v) is 11.1. The van der Waals surface area contributed by atoms with Crippen LogP contribution in [0.2, 0.25) is 0 Å². The van der Waals surface area contributed by atoms with Crippen LogP contribution in [0.5, 0.6) is 0 Å². The van der Waals surface area contributed by atoms with E-state index < -0.39 is 10.0 Å². The third kappa shape index (κ3) is 5.04. The molecule has 0 radical (unpaired) electrons. The van der Waals surface area contributed by atoms with E-state index in [1.165, 1.54) is 28.5 Å². The number of piperidine rings is 1. The van der Waals surface area contributed by atoms with Crippen molar-refractivity contribution in [3.8, 4) is 0 Å². The average molecular weight is 373 g/mol. The van der Waals surface area contributed by atoms with Crippen molar-refractivity contribution in [3.05, 3.63) is 17.5 Å². The summed E-state index contributed by atoms with van der Waals surface area (Å²) in [5.74, 6) is 0.000538. The Labute approximate surface area is 149 Å². The van der Waals surface area contributed by atoms with Gasteiger partial charge in [0, 0.05) is 25.0 Å². The summed E-state index contributed by atoms with van der Waals surface area (Å²) in [6.07, 6.45) is 5.70. The number of carbonyl (C=O) groups is 1. The summed E-state index contributed by atoms with van der Waals surface area (Å²) in [4.78, 5) is 12.3. The van der Waals surface area contributed by atoms with Crippen molar-refractivity contribution in [1.82, 2.24) is 9.62 Å². The molecule has 0 aromatic carbocycles. The molecular weight excluding hydrogens is 344 g/mol. The molecule has 1 N–H and O–H groups in total. The van der Waals surface area contributed by atoms with Gasteiger partial charge in [-0.2, -0.15) is 4.31 Å². The van der Waals surface area contributed by atoms with E-state index in [9.17, 15) is 13.2 Å². The quantitative estimate of drug-likeness (QED) is 0.713. The average Bonchev–Trinajstić information content (AvgIpc) is 3.10. The molecule has 1 unspecified atom stereocenters. The van der Waals surface area contributed by atoms with Gasteiger partial charge in [0.25, 0.3) is 10.0 Å². The van der Waals surface area contributed by atoms with Crippen molar-refractivity contribution in [3.63, 3.8) is 0 Å². The highest BCUT2D eigenvalue weighted by Gasteiger charge is 2.32. The molecule has 1 aromatic heterocycles. The van der Waals surface area contributed by atoms with Gasteiger partial charge in [-0.1, -0.05) is 32.3 Å². The summed E-state index contributed by atoms with van der Waals surface area (Å²) in [7, 11) is -3.39. The van der Waals surface area contributed by atoms with Crippen LogP contribution in [0, 0.1) is 5.92 Å². The molecule has 0 aliphatic carbocycles. The highest BCUT2D eigenvalue weighted by Crippen LogP contribution is 2.26. The standard InChI is InChI=1S/C17H28N2O3S2/c1-3-4-5-7-14(2)18-17(20)15-9-11-19(12-10-15)24(21,22)16-8-6-13-23-16/h6,8,13-15H,3-5,7,9-12H2,1-2H3,(H,18,20). The van der Waals surface area contributed by atoms with Crippen LogP contribution in [0.3, 0.4) is 0 Å². The topological polar surface area (TPSA) is 66.5 Å². The molecule has 24 heavy (non-hydrogen) atoms. The van der Waals surface area contributed by atoms with E-state index in [1.807, 2.05) is 6.92 Å². The van der Waals surface area contributed by atoms with E-state index in [0.717, 1.165) is 12.8 Å². The second-order valence-electron chi connectivity index (χ2n) is 6.52. The number of amides is 1. The number of hydrogen-bond acceptors (Lipinski definition) is 4. The third-order valence-electron chi connectivity index (χ3n) is 4.54. The lowest BCUT2D eigenvalue weighted by atomic mass is 9.96. The maximum atomic E-state index is 12.5. The van der Waals surface area contributed by atoms with Gasteiger partial charge in [0.05, 0.1) is 0 Å². The van der Waals surface area contributed by atoms with Gasteiger partial charge < -0.3 is 5.32 Å². The number of nitrogens with one attached hydrogen (secondary N) is 1. The van der Waals surface area contributed by atoms with E-state index in [1.54, 1.807) is 17.5 Å². The minimum atomic E-state index is -3.39. The first-order valence-electron chi connectivity index (χ1n) is 8.79. The SMILES string of the molecule is CCCCCC(C)NC(=O)C1CCN(S(=O)(=O)c2cccs2)CC1. The Morgan fingerprint density at radius 1 is 1.38 bits per heavy atom. The molecule has 1 saturated heterocycles. The van der Waals surface area contributed by atoms with Crippen molar-refractivity contribution >= 4 is 27.3 Å². The molecule has 7 heteroatoms. The molecule has 0 bridgehead atoms. The zero-order valence-corrected chi connectivity index (χ0v) is 16.2. The molecule has 5 nitrogen and oxygen atoms in total. The van der Waals surface area contributed by atoms with E-state index in [0.29, 0.717) is 30.1 Å². The molecule has 1 aliphatic heterocycles. The minimum absolute atomic E-state index is 0.0755. The summed E-state index contributed by atoms with van der Waals surface area (Å²) in [6.45, 7) is 5.05. The fourth-order valence-electron chi connectivity index (χ4n) is 3.03. The predicted molar refractivity (Wildman–Crippen MR) is 97.5 cm³/mol. The molecular formula is C17H28N2O3S2. The van der Waals surface area contributed by atoms with Gasteiger partial charge in [-0.25, -0.2) is 8.42 Å². The van der Waals surface area contributed by atoms with Gasteiger partial charge in [0.1, 0.15) is 4.21 Å². The summed E-state index contributed by atoms with van der Waals surface area (Å²) in [5.41, 5.74) is 0. The number of carbonyl (C=O) groups excluding carboxylic acids is 1. The van der Waals surface area contributed by atoms with Crippen LogP contribution in [0.4, 0.5) is 0 Å². The van der Waals surface area contributed by atoms with E-state index in [2.05, 4.69) is 12.2 Å². The van der Waals surface area contributed by atoms with Crippen LogP contribution in [0.25, 0.3) is 0 Å². The summed E-state index contributed by atoms with van der Waals surface area (Å²) < 4.78 is 26.9. The van der Waals surface area contributed by atoms with Crippen LogP contribution in [0.15, 0.2) is 21.7 Å². The van der Waals surface area contributed by atoms with Crippen LogP contribution >= 0.6 is 11.3 Å². The van der Waals surface area contributed by atoms with E-state index in [4.69, 9.17) is 0 Å². The number of thiophene rings is 1. The first kappa shape index (κ1) is 19.4. The number of unbranched alkanes of at least 4 members (excludes halogenated alkanes) is 2. The number of hydrogen-bond donors (Lipinski definition) is 1. The van der Waals surface area contributed by atoms with Crippen molar-refractivity contribution in [1.29, 1.82) is 0 Å². The number of rotatable bonds is 8. The smallest absolute Gasteiger partial charge is 0.252 e. The van der Waals surface area contributed by atoms with Crippen molar-refractivity contribution < 1.29 is 13.2 Å². The first-order chi connectivity index (χ1) is 11.4. The molecule has 1 atom stereocenters. The Balaban J connectivity index is 1.81. The lowest BCUT2D eigenvalue weighted by Gasteiger charge is -2.30. The molecule has 1 amide bonds. The third-order valence-corrected chi connectivity index (χ3v) is 7.81. The second kappa shape index (κ2) is 8.97. The number of sulfonamides is 1. The summed E-state index contributed by atoms with van der Waals surface area (Å²) in [6, 6.07) is 3.57. The van der Waals surface area contributed by atoms with Crippen LogP contribution < -0.4 is 5.32 Å². The van der Waals surface area contributed by atoms with Crippen LogP contribution in [0.1, 0.15) is 52.4 Å². The van der Waals surface area contributed by atoms with Gasteiger partial charge in [0.15, 0.2) is 0 Å². The molecule has 1 fully saturated rings. The Hall–Kier alpha value is -0.920. The van der Waals surface area contributed by atoms with E-state index >= 15 is 0 Å². The van der Waals surface area contributed by atoms with Crippen molar-refractivity contribution in [2.75, 3.05) is 13.1 Å². The fraction of sp³-hybridized carbons (Fsp3) is 0.706. The molecule has 1 aliphatic rings. The molecule has 2 heterocycles. The highest BCUT2D eigenvalue weighted by atomic mass is 32.2. The normalized spacial score (nSPS) is 18.4. The fourth-order valence-corrected chi connectivity index (χ4v) is 5.64. The van der Waals surface area contributed by atoms with Gasteiger partial charge in [0.2, 0.25) is 5.91 Å². The molecule has 2 rings (SSSR count). The second-order valence-corrected chi connectivity index (χ2v) is 9.63. The molecule has 136 valence electrons. The highest BCUT2D eigenvalue weighted by molar-refractivity contribution is 7.91. The number of nitrogens with zero attached hydrogens (tertiary/aromatic N) is 1. The summed E-state index contributed by atoms with van der Waals surface area (Å²) >= 11 is 1.24. The molecule has 1 aromatic rings. The van der Waals surface area contributed by atoms with Gasteiger partial charge in [-0.15, -0.1) is 11.3 Å². The lowest BCUT2D eigenvalue weighted by Crippen LogP contribution is -2.44. The van der Waals surface area contributed by atoms with Crippen LogP contribution in [-0.2, 0) is 14.8 Å². The van der Waals surface area contributed by atoms with Crippen molar-refractivity contribution in [2.24, 2.45) is 5.92 Å². The summed E-state index contributed by atoms with van der Waals surface area (Å²) in [5, 5.41) is 4.86. The zero-order chi connectivity index (χ0) is 17.6. The zero-order valence-electron chi connectivity index (χ0n) is 14.5. The monoisotopic (exact) mass is 372 g/mol. The van der Waals surface area contributed by atoms with Crippen molar-refractivity contribution in [2.45, 2.75) is 62.6 Å². The Bertz CT molecular complexity index is 606. The maximum absolute atomic E-state index is 12.5. The molecule has 0 spiro atoms. The van der Waals surface area contributed by atoms with Gasteiger partial charge in [-0.3, -0.25) is 4.79 Å². The Morgan fingerprint density at radius 3 is 2.67 bits per heavy atom. The molecule has 0 saturated carbocycles. The largest absolute Gasteiger partial charge is 0.353 e.